The Balaban J connectivity index is 2.22. The maximum Gasteiger partial charge on any atom is 0.416 e. The van der Waals surface area contributed by atoms with Crippen molar-refractivity contribution in [2.75, 3.05) is 0 Å². The molecule has 3 nitrogen and oxygen atoms in total. The molecule has 122 valence electrons. The maximum absolute atomic E-state index is 13.0. The van der Waals surface area contributed by atoms with Crippen molar-refractivity contribution in [3.63, 3.8) is 0 Å². The molecule has 0 aromatic heterocycles. The first-order chi connectivity index (χ1) is 10.9. The predicted octanol–water partition coefficient (Wildman–Crippen LogP) is 4.06. The van der Waals surface area contributed by atoms with Gasteiger partial charge in [-0.15, -0.1) is 0 Å². The lowest BCUT2D eigenvalue weighted by molar-refractivity contribution is -0.137. The van der Waals surface area contributed by atoms with Crippen LogP contribution in [0, 0.1) is 11.3 Å². The molecular formula is C17H17F3N2O. The van der Waals surface area contributed by atoms with Crippen LogP contribution >= 0.6 is 0 Å². The molecule has 0 spiro atoms. The molecule has 1 aromatic carbocycles. The second kappa shape index (κ2) is 7.32. The van der Waals surface area contributed by atoms with Gasteiger partial charge in [-0.25, -0.2) is 0 Å². The molecule has 1 amide bonds. The number of carbonyl (C=O) groups excluding carboxylic acids is 1. The Kier molecular flexibility index (Phi) is 5.43. The SMILES string of the molecule is N#C/C(=C\c1ccccc1C(F)(F)F)C(=O)NC1CCCCC1. The number of benzene rings is 1. The molecule has 1 fully saturated rings. The lowest BCUT2D eigenvalue weighted by Gasteiger charge is -2.22. The van der Waals surface area contributed by atoms with Crippen LogP contribution in [0.4, 0.5) is 13.2 Å². The van der Waals surface area contributed by atoms with Gasteiger partial charge in [-0.05, 0) is 30.5 Å². The number of alkyl halides is 3. The number of hydrogen-bond acceptors (Lipinski definition) is 2. The third kappa shape index (κ3) is 4.59. The van der Waals surface area contributed by atoms with Crippen molar-refractivity contribution in [2.24, 2.45) is 0 Å². The summed E-state index contributed by atoms with van der Waals surface area (Å²) in [7, 11) is 0. The lowest BCUT2D eigenvalue weighted by atomic mass is 9.95. The highest BCUT2D eigenvalue weighted by Gasteiger charge is 2.32. The third-order valence-corrected chi connectivity index (χ3v) is 3.87. The van der Waals surface area contributed by atoms with E-state index in [0.717, 1.165) is 44.2 Å². The average Bonchev–Trinajstić information content (AvgIpc) is 2.53. The molecular weight excluding hydrogens is 305 g/mol. The molecule has 0 atom stereocenters. The second-order valence-corrected chi connectivity index (χ2v) is 5.56. The van der Waals surface area contributed by atoms with Crippen molar-refractivity contribution in [2.45, 2.75) is 44.3 Å². The first-order valence-electron chi connectivity index (χ1n) is 7.50. The van der Waals surface area contributed by atoms with Crippen LogP contribution in [0.25, 0.3) is 6.08 Å². The van der Waals surface area contributed by atoms with Gasteiger partial charge in [-0.3, -0.25) is 4.79 Å². The standard InChI is InChI=1S/C17H17F3N2O/c18-17(19,20)15-9-5-4-6-12(15)10-13(11-21)16(23)22-14-7-2-1-3-8-14/h4-6,9-10,14H,1-3,7-8H2,(H,22,23)/b13-10+. The van der Waals surface area contributed by atoms with E-state index in [-0.39, 0.29) is 17.2 Å². The van der Waals surface area contributed by atoms with E-state index in [1.54, 1.807) is 6.07 Å². The van der Waals surface area contributed by atoms with Gasteiger partial charge >= 0.3 is 6.18 Å². The monoisotopic (exact) mass is 322 g/mol. The largest absolute Gasteiger partial charge is 0.416 e. The van der Waals surface area contributed by atoms with E-state index in [9.17, 15) is 18.0 Å². The Morgan fingerprint density at radius 2 is 1.87 bits per heavy atom. The molecule has 2 rings (SSSR count). The number of rotatable bonds is 3. The zero-order chi connectivity index (χ0) is 16.9. The van der Waals surface area contributed by atoms with Crippen molar-refractivity contribution in [1.82, 2.24) is 5.32 Å². The van der Waals surface area contributed by atoms with Crippen molar-refractivity contribution in [1.29, 1.82) is 5.26 Å². The molecule has 0 aliphatic heterocycles. The fourth-order valence-corrected chi connectivity index (χ4v) is 2.70. The van der Waals surface area contributed by atoms with E-state index in [0.29, 0.717) is 0 Å². The summed E-state index contributed by atoms with van der Waals surface area (Å²) in [5.74, 6) is -0.614. The van der Waals surface area contributed by atoms with Gasteiger partial charge in [0.2, 0.25) is 0 Å². The number of hydrogen-bond donors (Lipinski definition) is 1. The van der Waals surface area contributed by atoms with Crippen LogP contribution in [-0.4, -0.2) is 11.9 Å². The maximum atomic E-state index is 13.0. The minimum Gasteiger partial charge on any atom is -0.349 e. The van der Waals surface area contributed by atoms with E-state index in [4.69, 9.17) is 5.26 Å². The Hall–Kier alpha value is -2.29. The van der Waals surface area contributed by atoms with E-state index >= 15 is 0 Å². The first-order valence-corrected chi connectivity index (χ1v) is 7.50. The van der Waals surface area contributed by atoms with Crippen molar-refractivity contribution in [3.05, 3.63) is 41.0 Å². The fraction of sp³-hybridized carbons (Fsp3) is 0.412. The second-order valence-electron chi connectivity index (χ2n) is 5.56. The number of nitrogens with zero attached hydrogens (tertiary/aromatic N) is 1. The minimum absolute atomic E-state index is 0.00846. The molecule has 1 aromatic rings. The van der Waals surface area contributed by atoms with Crippen molar-refractivity contribution >= 4 is 12.0 Å². The van der Waals surface area contributed by atoms with Crippen LogP contribution in [0.5, 0.6) is 0 Å². The smallest absolute Gasteiger partial charge is 0.349 e. The number of nitriles is 1. The Labute approximate surface area is 132 Å². The molecule has 0 bridgehead atoms. The predicted molar refractivity (Wildman–Crippen MR) is 80.0 cm³/mol. The fourth-order valence-electron chi connectivity index (χ4n) is 2.70. The van der Waals surface area contributed by atoms with E-state index < -0.39 is 17.6 Å². The summed E-state index contributed by atoms with van der Waals surface area (Å²) in [5.41, 5.74) is -1.36. The summed E-state index contributed by atoms with van der Waals surface area (Å²) < 4.78 is 38.9. The molecule has 0 saturated heterocycles. The Bertz CT molecular complexity index is 638. The number of amides is 1. The van der Waals surface area contributed by atoms with Crippen molar-refractivity contribution < 1.29 is 18.0 Å². The number of nitrogens with one attached hydrogen (secondary N) is 1. The van der Waals surface area contributed by atoms with E-state index in [1.165, 1.54) is 18.2 Å². The number of halogens is 3. The highest BCUT2D eigenvalue weighted by molar-refractivity contribution is 6.02. The molecule has 23 heavy (non-hydrogen) atoms. The van der Waals surface area contributed by atoms with Crippen LogP contribution in [0.2, 0.25) is 0 Å². The van der Waals surface area contributed by atoms with Crippen LogP contribution in [0.1, 0.15) is 43.2 Å². The molecule has 1 N–H and O–H groups in total. The molecule has 1 aliphatic carbocycles. The summed E-state index contributed by atoms with van der Waals surface area (Å²) in [6.07, 6.45) is 1.27. The van der Waals surface area contributed by atoms with Gasteiger partial charge in [0.05, 0.1) is 5.56 Å². The molecule has 0 radical (unpaired) electrons. The van der Waals surface area contributed by atoms with Gasteiger partial charge in [0.1, 0.15) is 11.6 Å². The molecule has 0 unspecified atom stereocenters. The quantitative estimate of drug-likeness (QED) is 0.674. The van der Waals surface area contributed by atoms with Crippen LogP contribution in [0.3, 0.4) is 0 Å². The topological polar surface area (TPSA) is 52.9 Å². The average molecular weight is 322 g/mol. The van der Waals surface area contributed by atoms with Gasteiger partial charge in [0.15, 0.2) is 0 Å². The molecule has 1 saturated carbocycles. The molecule has 1 aliphatic rings. The normalized spacial score (nSPS) is 16.7. The van der Waals surface area contributed by atoms with E-state index in [1.807, 2.05) is 0 Å². The zero-order valence-electron chi connectivity index (χ0n) is 12.5. The van der Waals surface area contributed by atoms with Gasteiger partial charge < -0.3 is 5.32 Å². The summed E-state index contributed by atoms with van der Waals surface area (Å²) in [4.78, 5) is 12.1. The third-order valence-electron chi connectivity index (χ3n) is 3.87. The minimum atomic E-state index is -4.53. The van der Waals surface area contributed by atoms with Gasteiger partial charge in [-0.2, -0.15) is 18.4 Å². The summed E-state index contributed by atoms with van der Waals surface area (Å²) in [5, 5.41) is 11.9. The van der Waals surface area contributed by atoms with Crippen molar-refractivity contribution in [3.8, 4) is 6.07 Å². The Morgan fingerprint density at radius 1 is 1.22 bits per heavy atom. The van der Waals surface area contributed by atoms with Gasteiger partial charge in [-0.1, -0.05) is 37.5 Å². The van der Waals surface area contributed by atoms with Crippen LogP contribution in [-0.2, 0) is 11.0 Å². The molecule has 0 heterocycles. The highest BCUT2D eigenvalue weighted by atomic mass is 19.4. The summed E-state index contributed by atoms with van der Waals surface area (Å²) >= 11 is 0. The van der Waals surface area contributed by atoms with Gasteiger partial charge in [0, 0.05) is 6.04 Å². The highest BCUT2D eigenvalue weighted by Crippen LogP contribution is 2.32. The number of carbonyl (C=O) groups is 1. The molecule has 6 heteroatoms. The summed E-state index contributed by atoms with van der Waals surface area (Å²) in [6.45, 7) is 0. The van der Waals surface area contributed by atoms with Crippen LogP contribution in [0.15, 0.2) is 29.8 Å². The van der Waals surface area contributed by atoms with Crippen LogP contribution < -0.4 is 5.32 Å². The zero-order valence-corrected chi connectivity index (χ0v) is 12.5. The first kappa shape index (κ1) is 17.1. The lowest BCUT2D eigenvalue weighted by Crippen LogP contribution is -2.36. The summed E-state index contributed by atoms with van der Waals surface area (Å²) in [6, 6.07) is 6.58. The van der Waals surface area contributed by atoms with Gasteiger partial charge in [0.25, 0.3) is 5.91 Å². The Morgan fingerprint density at radius 3 is 2.48 bits per heavy atom. The van der Waals surface area contributed by atoms with E-state index in [2.05, 4.69) is 5.32 Å².